The summed E-state index contributed by atoms with van der Waals surface area (Å²) in [5, 5.41) is 12.1. The molecule has 5 heteroatoms. The average molecular weight is 277 g/mol. The summed E-state index contributed by atoms with van der Waals surface area (Å²) in [5.74, 6) is 0.921. The Bertz CT molecular complexity index is 488. The predicted octanol–water partition coefficient (Wildman–Crippen LogP) is 2.56. The number of oxime groups is 1. The Balaban J connectivity index is 2.45. The summed E-state index contributed by atoms with van der Waals surface area (Å²) < 4.78 is 5.31. The fourth-order valence-electron chi connectivity index (χ4n) is 2.78. The van der Waals surface area contributed by atoms with Crippen LogP contribution in [0.3, 0.4) is 0 Å². The summed E-state index contributed by atoms with van der Waals surface area (Å²) in [6.07, 6.45) is 4.83. The van der Waals surface area contributed by atoms with E-state index < -0.39 is 0 Å². The van der Waals surface area contributed by atoms with E-state index in [4.69, 9.17) is 15.7 Å². The highest BCUT2D eigenvalue weighted by Gasteiger charge is 2.21. The Morgan fingerprint density at radius 3 is 2.90 bits per heavy atom. The first-order valence-corrected chi connectivity index (χ1v) is 7.10. The van der Waals surface area contributed by atoms with Crippen LogP contribution in [-0.2, 0) is 0 Å². The molecule has 1 unspecified atom stereocenters. The molecule has 1 fully saturated rings. The third kappa shape index (κ3) is 2.98. The Morgan fingerprint density at radius 1 is 1.40 bits per heavy atom. The second-order valence-corrected chi connectivity index (χ2v) is 5.26. The predicted molar refractivity (Wildman–Crippen MR) is 80.8 cm³/mol. The smallest absolute Gasteiger partial charge is 0.172 e. The number of hydrogen-bond acceptors (Lipinski definition) is 4. The summed E-state index contributed by atoms with van der Waals surface area (Å²) >= 11 is 0. The quantitative estimate of drug-likeness (QED) is 0.385. The van der Waals surface area contributed by atoms with Gasteiger partial charge >= 0.3 is 0 Å². The molecule has 1 saturated heterocycles. The van der Waals surface area contributed by atoms with E-state index in [0.717, 1.165) is 36.4 Å². The Hall–Kier alpha value is -1.91. The van der Waals surface area contributed by atoms with Crippen molar-refractivity contribution in [2.45, 2.75) is 38.6 Å². The first-order chi connectivity index (χ1) is 9.67. The van der Waals surface area contributed by atoms with Gasteiger partial charge in [-0.1, -0.05) is 18.0 Å². The van der Waals surface area contributed by atoms with Gasteiger partial charge < -0.3 is 20.6 Å². The minimum atomic E-state index is 0.138. The van der Waals surface area contributed by atoms with Crippen molar-refractivity contribution in [3.8, 4) is 5.75 Å². The summed E-state index contributed by atoms with van der Waals surface area (Å²) in [4.78, 5) is 2.34. The number of nitrogens with two attached hydrogens (primary N) is 1. The maximum Gasteiger partial charge on any atom is 0.172 e. The van der Waals surface area contributed by atoms with Crippen molar-refractivity contribution in [2.75, 3.05) is 18.6 Å². The third-order valence-electron chi connectivity index (χ3n) is 3.95. The largest absolute Gasteiger partial charge is 0.497 e. The summed E-state index contributed by atoms with van der Waals surface area (Å²) in [6, 6.07) is 6.09. The molecule has 1 aliphatic rings. The van der Waals surface area contributed by atoms with Crippen LogP contribution in [0.25, 0.3) is 0 Å². The van der Waals surface area contributed by atoms with E-state index in [1.54, 1.807) is 7.11 Å². The summed E-state index contributed by atoms with van der Waals surface area (Å²) in [7, 11) is 1.65. The van der Waals surface area contributed by atoms with Crippen LogP contribution in [0.5, 0.6) is 5.75 Å². The van der Waals surface area contributed by atoms with Gasteiger partial charge in [-0.3, -0.25) is 0 Å². The van der Waals surface area contributed by atoms with Gasteiger partial charge in [-0.15, -0.1) is 0 Å². The number of hydrogen-bond donors (Lipinski definition) is 2. The van der Waals surface area contributed by atoms with Crippen LogP contribution in [0.4, 0.5) is 5.69 Å². The standard InChI is InChI=1S/C15H23N3O2/c1-11-6-4-3-5-9-18(11)14-10-12(20-2)7-8-13(14)15(16)17-19/h7-8,10-11,19H,3-6,9H2,1-2H3,(H2,16,17). The van der Waals surface area contributed by atoms with Gasteiger partial charge in [0, 0.05) is 24.2 Å². The van der Waals surface area contributed by atoms with Crippen molar-refractivity contribution < 1.29 is 9.94 Å². The van der Waals surface area contributed by atoms with Crippen LogP contribution in [0.2, 0.25) is 0 Å². The Labute approximate surface area is 120 Å². The highest BCUT2D eigenvalue weighted by atomic mass is 16.5. The van der Waals surface area contributed by atoms with Crippen LogP contribution in [0, 0.1) is 0 Å². The molecular formula is C15H23N3O2. The molecule has 0 amide bonds. The molecule has 0 aliphatic carbocycles. The monoisotopic (exact) mass is 277 g/mol. The fourth-order valence-corrected chi connectivity index (χ4v) is 2.78. The molecule has 0 bridgehead atoms. The molecule has 1 aliphatic heterocycles. The van der Waals surface area contributed by atoms with Gasteiger partial charge in [0.05, 0.1) is 12.8 Å². The van der Waals surface area contributed by atoms with Crippen molar-refractivity contribution in [1.29, 1.82) is 0 Å². The van der Waals surface area contributed by atoms with Crippen LogP contribution in [-0.4, -0.2) is 30.7 Å². The van der Waals surface area contributed by atoms with Gasteiger partial charge in [0.1, 0.15) is 5.75 Å². The van der Waals surface area contributed by atoms with E-state index in [2.05, 4.69) is 17.0 Å². The maximum absolute atomic E-state index is 8.97. The second kappa shape index (κ2) is 6.50. The van der Waals surface area contributed by atoms with E-state index in [-0.39, 0.29) is 5.84 Å². The van der Waals surface area contributed by atoms with Crippen LogP contribution < -0.4 is 15.4 Å². The molecular weight excluding hydrogens is 254 g/mol. The van der Waals surface area contributed by atoms with Crippen LogP contribution in [0.1, 0.15) is 38.2 Å². The number of benzene rings is 1. The average Bonchev–Trinajstić information content (AvgIpc) is 2.70. The fraction of sp³-hybridized carbons (Fsp3) is 0.533. The highest BCUT2D eigenvalue weighted by Crippen LogP contribution is 2.30. The number of ether oxygens (including phenoxy) is 1. The zero-order chi connectivity index (χ0) is 14.5. The number of methoxy groups -OCH3 is 1. The lowest BCUT2D eigenvalue weighted by Crippen LogP contribution is -2.34. The van der Waals surface area contributed by atoms with Crippen LogP contribution in [0.15, 0.2) is 23.4 Å². The molecule has 0 aromatic heterocycles. The topological polar surface area (TPSA) is 71.1 Å². The van der Waals surface area contributed by atoms with E-state index in [1.165, 1.54) is 12.8 Å². The molecule has 1 atom stereocenters. The SMILES string of the molecule is COc1ccc(/C(N)=N/O)c(N2CCCCCC2C)c1. The molecule has 1 heterocycles. The van der Waals surface area contributed by atoms with Crippen molar-refractivity contribution in [3.63, 3.8) is 0 Å². The lowest BCUT2D eigenvalue weighted by atomic mass is 10.1. The normalized spacial score (nSPS) is 20.6. The molecule has 1 aromatic carbocycles. The van der Waals surface area contributed by atoms with E-state index >= 15 is 0 Å². The first-order valence-electron chi connectivity index (χ1n) is 7.10. The minimum Gasteiger partial charge on any atom is -0.497 e. The molecule has 20 heavy (non-hydrogen) atoms. The lowest BCUT2D eigenvalue weighted by molar-refractivity contribution is 0.318. The molecule has 0 spiro atoms. The molecule has 3 N–H and O–H groups in total. The number of amidine groups is 1. The molecule has 5 nitrogen and oxygen atoms in total. The van der Waals surface area contributed by atoms with E-state index in [1.807, 2.05) is 18.2 Å². The zero-order valence-electron chi connectivity index (χ0n) is 12.2. The third-order valence-corrected chi connectivity index (χ3v) is 3.95. The van der Waals surface area contributed by atoms with Gasteiger partial charge in [0.2, 0.25) is 0 Å². The maximum atomic E-state index is 8.97. The van der Waals surface area contributed by atoms with E-state index in [0.29, 0.717) is 6.04 Å². The number of nitrogens with zero attached hydrogens (tertiary/aromatic N) is 2. The number of rotatable bonds is 3. The molecule has 1 aromatic rings. The second-order valence-electron chi connectivity index (χ2n) is 5.26. The van der Waals surface area contributed by atoms with Crippen molar-refractivity contribution >= 4 is 11.5 Å². The van der Waals surface area contributed by atoms with Gasteiger partial charge in [0.15, 0.2) is 5.84 Å². The van der Waals surface area contributed by atoms with Gasteiger partial charge in [0.25, 0.3) is 0 Å². The molecule has 0 radical (unpaired) electrons. The zero-order valence-corrected chi connectivity index (χ0v) is 12.2. The molecule has 0 saturated carbocycles. The Morgan fingerprint density at radius 2 is 2.20 bits per heavy atom. The molecule has 2 rings (SSSR count). The minimum absolute atomic E-state index is 0.138. The van der Waals surface area contributed by atoms with Crippen molar-refractivity contribution in [2.24, 2.45) is 10.9 Å². The Kier molecular flexibility index (Phi) is 4.71. The highest BCUT2D eigenvalue weighted by molar-refractivity contribution is 6.02. The van der Waals surface area contributed by atoms with Crippen molar-refractivity contribution in [1.82, 2.24) is 0 Å². The van der Waals surface area contributed by atoms with Crippen LogP contribution >= 0.6 is 0 Å². The van der Waals surface area contributed by atoms with Gasteiger partial charge in [-0.2, -0.15) is 0 Å². The lowest BCUT2D eigenvalue weighted by Gasteiger charge is -2.31. The number of anilines is 1. The molecule has 110 valence electrons. The summed E-state index contributed by atoms with van der Waals surface area (Å²) in [5.41, 5.74) is 7.54. The van der Waals surface area contributed by atoms with Gasteiger partial charge in [-0.05, 0) is 31.9 Å². The van der Waals surface area contributed by atoms with Crippen molar-refractivity contribution in [3.05, 3.63) is 23.8 Å². The first kappa shape index (κ1) is 14.5. The van der Waals surface area contributed by atoms with E-state index in [9.17, 15) is 0 Å². The van der Waals surface area contributed by atoms with Gasteiger partial charge in [-0.25, -0.2) is 0 Å². The summed E-state index contributed by atoms with van der Waals surface area (Å²) in [6.45, 7) is 3.21.